The molecule has 23 heavy (non-hydrogen) atoms. The predicted molar refractivity (Wildman–Crippen MR) is 84.8 cm³/mol. The van der Waals surface area contributed by atoms with Crippen molar-refractivity contribution in [3.05, 3.63) is 53.9 Å². The molecule has 7 heteroatoms. The number of nitrogens with zero attached hydrogens (tertiary/aromatic N) is 3. The van der Waals surface area contributed by atoms with E-state index in [1.807, 2.05) is 0 Å². The van der Waals surface area contributed by atoms with Gasteiger partial charge in [-0.1, -0.05) is 6.07 Å². The highest BCUT2D eigenvalue weighted by molar-refractivity contribution is 6.09. The molecule has 3 aromatic rings. The zero-order valence-electron chi connectivity index (χ0n) is 12.4. The van der Waals surface area contributed by atoms with Crippen molar-refractivity contribution in [1.29, 1.82) is 0 Å². The van der Waals surface area contributed by atoms with Crippen LogP contribution in [-0.2, 0) is 0 Å². The van der Waals surface area contributed by atoms with E-state index < -0.39 is 6.09 Å². The second-order valence-corrected chi connectivity index (χ2v) is 4.86. The van der Waals surface area contributed by atoms with E-state index in [1.54, 1.807) is 49.5 Å². The number of hydrogen-bond acceptors (Lipinski definition) is 4. The number of benzene rings is 1. The van der Waals surface area contributed by atoms with Gasteiger partial charge in [-0.15, -0.1) is 0 Å². The van der Waals surface area contributed by atoms with Crippen LogP contribution in [0.5, 0.6) is 0 Å². The first-order valence-corrected chi connectivity index (χ1v) is 7.06. The fourth-order valence-corrected chi connectivity index (χ4v) is 2.29. The van der Waals surface area contributed by atoms with Gasteiger partial charge in [0.15, 0.2) is 0 Å². The Labute approximate surface area is 131 Å². The molecule has 116 valence electrons. The van der Waals surface area contributed by atoms with Gasteiger partial charge in [0.1, 0.15) is 5.69 Å². The molecule has 7 nitrogen and oxygen atoms in total. The van der Waals surface area contributed by atoms with Crippen molar-refractivity contribution in [3.63, 3.8) is 0 Å². The van der Waals surface area contributed by atoms with Crippen LogP contribution in [0.4, 0.5) is 10.7 Å². The largest absolute Gasteiger partial charge is 0.465 e. The van der Waals surface area contributed by atoms with E-state index in [4.69, 9.17) is 5.11 Å². The van der Waals surface area contributed by atoms with Crippen molar-refractivity contribution in [3.8, 4) is 0 Å². The molecule has 0 aliphatic heterocycles. The summed E-state index contributed by atoms with van der Waals surface area (Å²) in [7, 11) is 0. The summed E-state index contributed by atoms with van der Waals surface area (Å²) < 4.78 is 0. The van der Waals surface area contributed by atoms with Crippen LogP contribution in [0.1, 0.15) is 23.0 Å². The molecule has 0 spiro atoms. The molecule has 2 heterocycles. The van der Waals surface area contributed by atoms with Gasteiger partial charge in [0.05, 0.1) is 11.0 Å². The van der Waals surface area contributed by atoms with Crippen LogP contribution in [0, 0.1) is 0 Å². The maximum absolute atomic E-state index is 12.4. The minimum atomic E-state index is -1.09. The average molecular weight is 310 g/mol. The monoisotopic (exact) mass is 310 g/mol. The van der Waals surface area contributed by atoms with Gasteiger partial charge in [0.25, 0.3) is 0 Å². The van der Waals surface area contributed by atoms with E-state index in [0.717, 1.165) is 4.90 Å². The Kier molecular flexibility index (Phi) is 3.76. The topological polar surface area (TPSA) is 99.2 Å². The number of carboxylic acid groups (broad SMARTS) is 1. The molecule has 0 aliphatic rings. The van der Waals surface area contributed by atoms with Crippen LogP contribution in [0.2, 0.25) is 0 Å². The number of nitrogens with one attached hydrogen (secondary N) is 1. The lowest BCUT2D eigenvalue weighted by Crippen LogP contribution is -2.29. The molecule has 0 aliphatic carbocycles. The standard InChI is InChI=1S/C16H14N4O3/c1-2-20(16(22)23)15-18-11-7-6-10(9-13(11)19-15)14(21)12-5-3-4-8-17-12/h3-9H,2H2,1H3,(H,18,19)(H,22,23). The zero-order chi connectivity index (χ0) is 16.4. The van der Waals surface area contributed by atoms with Gasteiger partial charge in [-0.25, -0.2) is 14.7 Å². The molecule has 0 saturated carbocycles. The Balaban J connectivity index is 1.99. The molecule has 1 aromatic carbocycles. The Hall–Kier alpha value is -3.22. The van der Waals surface area contributed by atoms with Crippen molar-refractivity contribution < 1.29 is 14.7 Å². The van der Waals surface area contributed by atoms with Gasteiger partial charge in [-0.05, 0) is 37.3 Å². The first-order chi connectivity index (χ1) is 11.1. The van der Waals surface area contributed by atoms with Crippen LogP contribution >= 0.6 is 0 Å². The molecule has 2 N–H and O–H groups in total. The van der Waals surface area contributed by atoms with Crippen molar-refractivity contribution in [2.24, 2.45) is 0 Å². The van der Waals surface area contributed by atoms with Crippen LogP contribution in [0.25, 0.3) is 11.0 Å². The van der Waals surface area contributed by atoms with Crippen molar-refractivity contribution >= 4 is 28.9 Å². The predicted octanol–water partition coefficient (Wildman–Crippen LogP) is 2.69. The first-order valence-electron chi connectivity index (χ1n) is 7.06. The Morgan fingerprint density at radius 1 is 1.26 bits per heavy atom. The lowest BCUT2D eigenvalue weighted by molar-refractivity contribution is 0.103. The summed E-state index contributed by atoms with van der Waals surface area (Å²) in [4.78, 5) is 35.9. The van der Waals surface area contributed by atoms with Crippen molar-refractivity contribution in [2.45, 2.75) is 6.92 Å². The molecular weight excluding hydrogens is 296 g/mol. The number of aromatic amines is 1. The summed E-state index contributed by atoms with van der Waals surface area (Å²) >= 11 is 0. The van der Waals surface area contributed by atoms with E-state index in [0.29, 0.717) is 22.3 Å². The molecule has 0 radical (unpaired) electrons. The Morgan fingerprint density at radius 2 is 2.09 bits per heavy atom. The van der Waals surface area contributed by atoms with Crippen molar-refractivity contribution in [2.75, 3.05) is 11.4 Å². The maximum Gasteiger partial charge on any atom is 0.414 e. The third kappa shape index (κ3) is 2.76. The van der Waals surface area contributed by atoms with Gasteiger partial charge in [-0.2, -0.15) is 0 Å². The molecule has 0 unspecified atom stereocenters. The average Bonchev–Trinajstić information content (AvgIpc) is 2.97. The van der Waals surface area contributed by atoms with E-state index in [9.17, 15) is 9.59 Å². The number of H-pyrrole nitrogens is 1. The summed E-state index contributed by atoms with van der Waals surface area (Å²) in [5.41, 5.74) is 2.01. The number of ketones is 1. The molecule has 0 saturated heterocycles. The highest BCUT2D eigenvalue weighted by Gasteiger charge is 2.17. The quantitative estimate of drug-likeness (QED) is 0.722. The summed E-state index contributed by atoms with van der Waals surface area (Å²) in [5, 5.41) is 9.15. The maximum atomic E-state index is 12.4. The second-order valence-electron chi connectivity index (χ2n) is 4.86. The number of rotatable bonds is 4. The highest BCUT2D eigenvalue weighted by atomic mass is 16.4. The van der Waals surface area contributed by atoms with Crippen LogP contribution in [0.15, 0.2) is 42.6 Å². The second kappa shape index (κ2) is 5.88. The minimum Gasteiger partial charge on any atom is -0.465 e. The van der Waals surface area contributed by atoms with Gasteiger partial charge in [-0.3, -0.25) is 9.78 Å². The number of anilines is 1. The number of hydrogen-bond donors (Lipinski definition) is 2. The molecule has 0 bridgehead atoms. The number of carbonyl (C=O) groups excluding carboxylic acids is 1. The molecule has 0 atom stereocenters. The first kappa shape index (κ1) is 14.7. The minimum absolute atomic E-state index is 0.200. The van der Waals surface area contributed by atoms with Gasteiger partial charge >= 0.3 is 6.09 Å². The number of fused-ring (bicyclic) bond motifs is 1. The van der Waals surface area contributed by atoms with Crippen molar-refractivity contribution in [1.82, 2.24) is 15.0 Å². The molecule has 1 amide bonds. The molecule has 2 aromatic heterocycles. The van der Waals surface area contributed by atoms with Crippen LogP contribution in [-0.4, -0.2) is 38.5 Å². The fourth-order valence-electron chi connectivity index (χ4n) is 2.29. The Bertz CT molecular complexity index is 873. The lowest BCUT2D eigenvalue weighted by Gasteiger charge is -2.12. The molecule has 0 fully saturated rings. The molecule has 3 rings (SSSR count). The number of aromatic nitrogens is 3. The summed E-state index contributed by atoms with van der Waals surface area (Å²) in [5.74, 6) is 0.0340. The van der Waals surface area contributed by atoms with E-state index in [2.05, 4.69) is 15.0 Å². The van der Waals surface area contributed by atoms with Gasteiger partial charge in [0, 0.05) is 18.3 Å². The SMILES string of the molecule is CCN(C(=O)O)c1nc2ccc(C(=O)c3ccccn3)cc2[nH]1. The lowest BCUT2D eigenvalue weighted by atomic mass is 10.1. The number of amides is 1. The third-order valence-corrected chi connectivity index (χ3v) is 3.43. The number of imidazole rings is 1. The van der Waals surface area contributed by atoms with Gasteiger partial charge in [0.2, 0.25) is 11.7 Å². The third-order valence-electron chi connectivity index (χ3n) is 3.43. The van der Waals surface area contributed by atoms with Crippen LogP contribution in [0.3, 0.4) is 0 Å². The summed E-state index contributed by atoms with van der Waals surface area (Å²) in [6.07, 6.45) is 0.475. The summed E-state index contributed by atoms with van der Waals surface area (Å²) in [6, 6.07) is 10.1. The van der Waals surface area contributed by atoms with Gasteiger partial charge < -0.3 is 10.1 Å². The van der Waals surface area contributed by atoms with E-state index >= 15 is 0 Å². The molecular formula is C16H14N4O3. The van der Waals surface area contributed by atoms with E-state index in [-0.39, 0.29) is 18.3 Å². The summed E-state index contributed by atoms with van der Waals surface area (Å²) in [6.45, 7) is 1.99. The van der Waals surface area contributed by atoms with Crippen LogP contribution < -0.4 is 4.90 Å². The zero-order valence-corrected chi connectivity index (χ0v) is 12.4. The highest BCUT2D eigenvalue weighted by Crippen LogP contribution is 2.20. The normalized spacial score (nSPS) is 10.7. The number of carbonyl (C=O) groups is 2. The van der Waals surface area contributed by atoms with E-state index in [1.165, 1.54) is 0 Å². The fraction of sp³-hybridized carbons (Fsp3) is 0.125. The number of pyridine rings is 1. The smallest absolute Gasteiger partial charge is 0.414 e. The Morgan fingerprint density at radius 3 is 2.74 bits per heavy atom.